The molecule has 13 heteroatoms. The highest BCUT2D eigenvalue weighted by molar-refractivity contribution is 8.26. The minimum atomic E-state index is -1.06. The van der Waals surface area contributed by atoms with Crippen LogP contribution in [-0.4, -0.2) is 83.0 Å². The van der Waals surface area contributed by atoms with Gasteiger partial charge in [-0.15, -0.1) is 0 Å². The lowest BCUT2D eigenvalue weighted by molar-refractivity contribution is -0.122. The molecule has 2 heterocycles. The summed E-state index contributed by atoms with van der Waals surface area (Å²) in [4.78, 5) is 41.0. The van der Waals surface area contributed by atoms with Gasteiger partial charge < -0.3 is 19.9 Å². The standard InChI is InChI=1S/C32H29ClFN3O6S2/c33-25-7-3-22(18-26(25)34)21-4-8-27(43-16-13-36-11-14-42-15-12-36)23(17-21)19-28-30(39)37(32(44)45-28)10-9-29(38)35-24-5-1-20(2-6-24)31(40)41/h1-8,17-19H,9-16H2,(H,35,38)(H,40,41). The Hall–Kier alpha value is -3.81. The first kappa shape index (κ1) is 32.6. The Morgan fingerprint density at radius 2 is 1.78 bits per heavy atom. The maximum Gasteiger partial charge on any atom is 0.335 e. The summed E-state index contributed by atoms with van der Waals surface area (Å²) in [6.45, 7) is 4.21. The molecule has 3 aromatic rings. The average Bonchev–Trinajstić information content (AvgIpc) is 3.30. The highest BCUT2D eigenvalue weighted by Gasteiger charge is 2.32. The van der Waals surface area contributed by atoms with Crippen LogP contribution >= 0.6 is 35.6 Å². The number of amides is 2. The van der Waals surface area contributed by atoms with E-state index in [0.717, 1.165) is 24.9 Å². The van der Waals surface area contributed by atoms with Gasteiger partial charge in [-0.25, -0.2) is 9.18 Å². The summed E-state index contributed by atoms with van der Waals surface area (Å²) in [6.07, 6.45) is 1.68. The van der Waals surface area contributed by atoms with Crippen LogP contribution in [0, 0.1) is 5.82 Å². The molecule has 45 heavy (non-hydrogen) atoms. The van der Waals surface area contributed by atoms with Gasteiger partial charge in [0.05, 0.1) is 28.7 Å². The fraction of sp³-hybridized carbons (Fsp3) is 0.250. The zero-order chi connectivity index (χ0) is 31.9. The van der Waals surface area contributed by atoms with E-state index in [1.54, 1.807) is 18.2 Å². The highest BCUT2D eigenvalue weighted by atomic mass is 35.5. The highest BCUT2D eigenvalue weighted by Crippen LogP contribution is 2.36. The number of thioether (sulfide) groups is 1. The molecule has 0 bridgehead atoms. The molecule has 0 radical (unpaired) electrons. The summed E-state index contributed by atoms with van der Waals surface area (Å²) in [7, 11) is 0. The minimum Gasteiger partial charge on any atom is -0.492 e. The van der Waals surface area contributed by atoms with Crippen LogP contribution < -0.4 is 10.1 Å². The van der Waals surface area contributed by atoms with Gasteiger partial charge in [-0.05, 0) is 65.7 Å². The molecule has 3 aromatic carbocycles. The molecule has 2 amide bonds. The number of hydrogen-bond acceptors (Lipinski definition) is 8. The van der Waals surface area contributed by atoms with E-state index >= 15 is 0 Å². The molecular formula is C32H29ClFN3O6S2. The number of rotatable bonds is 11. The van der Waals surface area contributed by atoms with Gasteiger partial charge in [0, 0.05) is 43.9 Å². The first-order valence-electron chi connectivity index (χ1n) is 14.1. The number of nitrogens with one attached hydrogen (secondary N) is 1. The number of carbonyl (C=O) groups excluding carboxylic acids is 2. The molecule has 2 N–H and O–H groups in total. The van der Waals surface area contributed by atoms with E-state index in [2.05, 4.69) is 10.2 Å². The van der Waals surface area contributed by atoms with Crippen molar-refractivity contribution >= 4 is 69.4 Å². The van der Waals surface area contributed by atoms with Crippen molar-refractivity contribution in [2.45, 2.75) is 6.42 Å². The number of hydrogen-bond donors (Lipinski definition) is 2. The van der Waals surface area contributed by atoms with Gasteiger partial charge in [0.25, 0.3) is 5.91 Å². The predicted molar refractivity (Wildman–Crippen MR) is 176 cm³/mol. The Morgan fingerprint density at radius 3 is 2.49 bits per heavy atom. The first-order chi connectivity index (χ1) is 21.7. The lowest BCUT2D eigenvalue weighted by Gasteiger charge is -2.26. The van der Waals surface area contributed by atoms with Gasteiger partial charge >= 0.3 is 5.97 Å². The maximum absolute atomic E-state index is 14.2. The molecular weight excluding hydrogens is 641 g/mol. The Morgan fingerprint density at radius 1 is 1.07 bits per heavy atom. The Kier molecular flexibility index (Phi) is 10.8. The summed E-state index contributed by atoms with van der Waals surface area (Å²) in [5.41, 5.74) is 2.49. The van der Waals surface area contributed by atoms with E-state index in [1.807, 2.05) is 12.1 Å². The van der Waals surface area contributed by atoms with Crippen molar-refractivity contribution < 1.29 is 33.4 Å². The Balaban J connectivity index is 1.30. The molecule has 0 aromatic heterocycles. The van der Waals surface area contributed by atoms with Gasteiger partial charge in [-0.1, -0.05) is 47.7 Å². The smallest absolute Gasteiger partial charge is 0.335 e. The number of morpholine rings is 1. The van der Waals surface area contributed by atoms with Crippen molar-refractivity contribution in [3.8, 4) is 16.9 Å². The maximum atomic E-state index is 14.2. The van der Waals surface area contributed by atoms with Crippen molar-refractivity contribution in [2.24, 2.45) is 0 Å². The first-order valence-corrected chi connectivity index (χ1v) is 15.7. The second-order valence-corrected chi connectivity index (χ2v) is 12.3. The van der Waals surface area contributed by atoms with Crippen LogP contribution in [0.1, 0.15) is 22.3 Å². The van der Waals surface area contributed by atoms with Crippen molar-refractivity contribution in [3.05, 3.63) is 87.5 Å². The van der Waals surface area contributed by atoms with E-state index in [0.29, 0.717) is 63.7 Å². The van der Waals surface area contributed by atoms with E-state index in [9.17, 15) is 18.8 Å². The third-order valence-electron chi connectivity index (χ3n) is 7.17. The van der Waals surface area contributed by atoms with Crippen LogP contribution in [0.15, 0.2) is 65.6 Å². The van der Waals surface area contributed by atoms with Crippen LogP contribution in [0.3, 0.4) is 0 Å². The van der Waals surface area contributed by atoms with Crippen LogP contribution in [-0.2, 0) is 14.3 Å². The minimum absolute atomic E-state index is 0.0199. The third kappa shape index (κ3) is 8.47. The monoisotopic (exact) mass is 669 g/mol. The lowest BCUT2D eigenvalue weighted by atomic mass is 10.0. The van der Waals surface area contributed by atoms with Crippen LogP contribution in [0.25, 0.3) is 17.2 Å². The molecule has 9 nitrogen and oxygen atoms in total. The number of nitrogens with zero attached hydrogens (tertiary/aromatic N) is 2. The quantitative estimate of drug-likeness (QED) is 0.194. The van der Waals surface area contributed by atoms with Crippen LogP contribution in [0.4, 0.5) is 10.1 Å². The van der Waals surface area contributed by atoms with E-state index in [-0.39, 0.29) is 35.4 Å². The molecule has 0 unspecified atom stereocenters. The summed E-state index contributed by atoms with van der Waals surface area (Å²) < 4.78 is 26.1. The van der Waals surface area contributed by atoms with Crippen molar-refractivity contribution in [1.82, 2.24) is 9.80 Å². The number of aromatic carboxylic acids is 1. The SMILES string of the molecule is O=C(CCN1C(=O)C(=Cc2cc(-c3ccc(Cl)c(F)c3)ccc2OCCN2CCOCC2)SC1=S)Nc1ccc(C(=O)O)cc1. The largest absolute Gasteiger partial charge is 0.492 e. The molecule has 0 atom stereocenters. The summed E-state index contributed by atoms with van der Waals surface area (Å²) in [5, 5.41) is 11.8. The van der Waals surface area contributed by atoms with Gasteiger partial charge in [-0.2, -0.15) is 0 Å². The summed E-state index contributed by atoms with van der Waals surface area (Å²) in [5.74, 6) is -1.74. The number of ether oxygens (including phenoxy) is 2. The Bertz CT molecular complexity index is 1650. The number of thiocarbonyl (C=S) groups is 1. The summed E-state index contributed by atoms with van der Waals surface area (Å²) >= 11 is 12.5. The predicted octanol–water partition coefficient (Wildman–Crippen LogP) is 5.79. The number of carbonyl (C=O) groups is 3. The second-order valence-electron chi connectivity index (χ2n) is 10.2. The fourth-order valence-corrected chi connectivity index (χ4v) is 6.14. The van der Waals surface area contributed by atoms with Crippen LogP contribution in [0.2, 0.25) is 5.02 Å². The van der Waals surface area contributed by atoms with Crippen molar-refractivity contribution in [3.63, 3.8) is 0 Å². The van der Waals surface area contributed by atoms with E-state index in [4.69, 9.17) is 38.4 Å². The number of carboxylic acids is 1. The number of halogens is 2. The zero-order valence-corrected chi connectivity index (χ0v) is 26.4. The molecule has 5 rings (SSSR count). The molecule has 0 spiro atoms. The van der Waals surface area contributed by atoms with E-state index < -0.39 is 11.8 Å². The molecule has 2 aliphatic heterocycles. The fourth-order valence-electron chi connectivity index (χ4n) is 4.72. The lowest BCUT2D eigenvalue weighted by Crippen LogP contribution is -2.38. The summed E-state index contributed by atoms with van der Waals surface area (Å²) in [6, 6.07) is 15.8. The van der Waals surface area contributed by atoms with Gasteiger partial charge in [0.1, 0.15) is 22.5 Å². The molecule has 2 aliphatic rings. The van der Waals surface area contributed by atoms with Gasteiger partial charge in [0.2, 0.25) is 5.91 Å². The third-order valence-corrected chi connectivity index (χ3v) is 8.85. The number of carboxylic acid groups (broad SMARTS) is 1. The number of anilines is 1. The van der Waals surface area contributed by atoms with Crippen molar-refractivity contribution in [2.75, 3.05) is 51.3 Å². The average molecular weight is 670 g/mol. The molecule has 234 valence electrons. The molecule has 2 fully saturated rings. The topological polar surface area (TPSA) is 108 Å². The van der Waals surface area contributed by atoms with E-state index in [1.165, 1.54) is 41.3 Å². The molecule has 2 saturated heterocycles. The van der Waals surface area contributed by atoms with Crippen molar-refractivity contribution in [1.29, 1.82) is 0 Å². The van der Waals surface area contributed by atoms with Gasteiger partial charge in [0.15, 0.2) is 0 Å². The Labute approximate surface area is 273 Å². The normalized spacial score (nSPS) is 16.3. The molecule has 0 aliphatic carbocycles. The zero-order valence-electron chi connectivity index (χ0n) is 24.0. The second kappa shape index (κ2) is 15.0. The number of benzene rings is 3. The van der Waals surface area contributed by atoms with Gasteiger partial charge in [-0.3, -0.25) is 19.4 Å². The van der Waals surface area contributed by atoms with Crippen LogP contribution in [0.5, 0.6) is 5.75 Å². The molecule has 0 saturated carbocycles.